The van der Waals surface area contributed by atoms with Crippen LogP contribution in [0.25, 0.3) is 10.8 Å². The van der Waals surface area contributed by atoms with E-state index in [1.807, 2.05) is 0 Å². The Hall–Kier alpha value is -2.15. The normalized spacial score (nSPS) is 18.7. The quantitative estimate of drug-likeness (QED) is 0.941. The van der Waals surface area contributed by atoms with Gasteiger partial charge < -0.3 is 14.4 Å². The molecule has 21 heavy (non-hydrogen) atoms. The zero-order valence-corrected chi connectivity index (χ0v) is 12.0. The van der Waals surface area contributed by atoms with Crippen LogP contribution in [0.4, 0.5) is 0 Å². The highest BCUT2D eigenvalue weighted by Gasteiger charge is 2.29. The SMILES string of the molecule is O=C(O)[C@H]1CCCN(C(=O)c2cnc(-c3ccco3)s2)C1. The van der Waals surface area contributed by atoms with Gasteiger partial charge in [0, 0.05) is 13.1 Å². The van der Waals surface area contributed by atoms with E-state index in [-0.39, 0.29) is 12.5 Å². The summed E-state index contributed by atoms with van der Waals surface area (Å²) in [5.41, 5.74) is 0. The summed E-state index contributed by atoms with van der Waals surface area (Å²) in [7, 11) is 0. The molecule has 110 valence electrons. The molecule has 1 amide bonds. The van der Waals surface area contributed by atoms with Crippen molar-refractivity contribution in [3.63, 3.8) is 0 Å². The fourth-order valence-electron chi connectivity index (χ4n) is 2.41. The summed E-state index contributed by atoms with van der Waals surface area (Å²) in [6.45, 7) is 0.860. The first kappa shape index (κ1) is 13.8. The van der Waals surface area contributed by atoms with Crippen LogP contribution in [0.5, 0.6) is 0 Å². The van der Waals surface area contributed by atoms with Crippen molar-refractivity contribution in [1.82, 2.24) is 9.88 Å². The van der Waals surface area contributed by atoms with Crippen LogP contribution in [-0.2, 0) is 4.79 Å². The van der Waals surface area contributed by atoms with Crippen LogP contribution in [0, 0.1) is 5.92 Å². The van der Waals surface area contributed by atoms with E-state index in [0.717, 1.165) is 0 Å². The predicted octanol–water partition coefficient (Wildman–Crippen LogP) is 2.34. The minimum Gasteiger partial charge on any atom is -0.481 e. The molecule has 0 unspecified atom stereocenters. The number of furan rings is 1. The van der Waals surface area contributed by atoms with Gasteiger partial charge in [0.2, 0.25) is 0 Å². The van der Waals surface area contributed by atoms with Crippen LogP contribution in [-0.4, -0.2) is 40.0 Å². The Kier molecular flexibility index (Phi) is 3.74. The molecule has 1 atom stereocenters. The maximum atomic E-state index is 12.4. The first-order valence-electron chi connectivity index (χ1n) is 6.67. The van der Waals surface area contributed by atoms with Crippen molar-refractivity contribution in [2.24, 2.45) is 5.92 Å². The van der Waals surface area contributed by atoms with E-state index >= 15 is 0 Å². The third kappa shape index (κ3) is 2.82. The van der Waals surface area contributed by atoms with Gasteiger partial charge in [0.15, 0.2) is 10.8 Å². The zero-order chi connectivity index (χ0) is 14.8. The van der Waals surface area contributed by atoms with Crippen LogP contribution in [0.1, 0.15) is 22.5 Å². The van der Waals surface area contributed by atoms with Crippen molar-refractivity contribution >= 4 is 23.2 Å². The van der Waals surface area contributed by atoms with Crippen molar-refractivity contribution in [2.45, 2.75) is 12.8 Å². The van der Waals surface area contributed by atoms with Gasteiger partial charge in [0.05, 0.1) is 18.4 Å². The van der Waals surface area contributed by atoms with E-state index in [1.54, 1.807) is 23.3 Å². The Bertz CT molecular complexity index is 650. The second-order valence-electron chi connectivity index (χ2n) is 4.94. The second kappa shape index (κ2) is 5.69. The van der Waals surface area contributed by atoms with Crippen LogP contribution in [0.15, 0.2) is 29.0 Å². The molecule has 1 aliphatic heterocycles. The fraction of sp³-hybridized carbons (Fsp3) is 0.357. The maximum Gasteiger partial charge on any atom is 0.308 e. The molecular formula is C14H14N2O4S. The molecule has 1 N–H and O–H groups in total. The molecule has 6 nitrogen and oxygen atoms in total. The molecule has 0 bridgehead atoms. The predicted molar refractivity (Wildman–Crippen MR) is 76.1 cm³/mol. The highest BCUT2D eigenvalue weighted by molar-refractivity contribution is 7.16. The topological polar surface area (TPSA) is 83.6 Å². The number of hydrogen-bond donors (Lipinski definition) is 1. The lowest BCUT2D eigenvalue weighted by atomic mass is 9.98. The van der Waals surface area contributed by atoms with Gasteiger partial charge in [-0.3, -0.25) is 9.59 Å². The van der Waals surface area contributed by atoms with Crippen molar-refractivity contribution in [3.05, 3.63) is 29.5 Å². The molecule has 0 saturated carbocycles. The fourth-order valence-corrected chi connectivity index (χ4v) is 3.26. The second-order valence-corrected chi connectivity index (χ2v) is 5.97. The molecule has 0 aliphatic carbocycles. The summed E-state index contributed by atoms with van der Waals surface area (Å²) in [4.78, 5) is 29.8. The summed E-state index contributed by atoms with van der Waals surface area (Å²) in [5.74, 6) is -0.842. The first-order chi connectivity index (χ1) is 10.1. The van der Waals surface area contributed by atoms with Gasteiger partial charge in [-0.1, -0.05) is 0 Å². The molecule has 2 aromatic rings. The number of nitrogens with zero attached hydrogens (tertiary/aromatic N) is 2. The number of piperidine rings is 1. The summed E-state index contributed by atoms with van der Waals surface area (Å²) >= 11 is 1.26. The maximum absolute atomic E-state index is 12.4. The van der Waals surface area contributed by atoms with Gasteiger partial charge in [-0.15, -0.1) is 11.3 Å². The van der Waals surface area contributed by atoms with Crippen LogP contribution in [0.3, 0.4) is 0 Å². The van der Waals surface area contributed by atoms with E-state index < -0.39 is 11.9 Å². The van der Waals surface area contributed by atoms with Gasteiger partial charge in [-0.05, 0) is 25.0 Å². The van der Waals surface area contributed by atoms with E-state index in [4.69, 9.17) is 9.52 Å². The van der Waals surface area contributed by atoms with Crippen molar-refractivity contribution < 1.29 is 19.1 Å². The number of carbonyl (C=O) groups excluding carboxylic acids is 1. The van der Waals surface area contributed by atoms with Crippen LogP contribution >= 0.6 is 11.3 Å². The average molecular weight is 306 g/mol. The number of aromatic nitrogens is 1. The lowest BCUT2D eigenvalue weighted by Crippen LogP contribution is -2.42. The minimum absolute atomic E-state index is 0.156. The first-order valence-corrected chi connectivity index (χ1v) is 7.48. The molecule has 1 saturated heterocycles. The van der Waals surface area contributed by atoms with Gasteiger partial charge in [0.25, 0.3) is 5.91 Å². The Labute approximate surface area is 125 Å². The monoisotopic (exact) mass is 306 g/mol. The lowest BCUT2D eigenvalue weighted by molar-refractivity contribution is -0.143. The van der Waals surface area contributed by atoms with E-state index in [2.05, 4.69) is 4.98 Å². The summed E-state index contributed by atoms with van der Waals surface area (Å²) < 4.78 is 5.25. The van der Waals surface area contributed by atoms with Crippen LogP contribution in [0.2, 0.25) is 0 Å². The molecule has 7 heteroatoms. The average Bonchev–Trinajstić information content (AvgIpc) is 3.17. The molecule has 0 aromatic carbocycles. The van der Waals surface area contributed by atoms with E-state index in [9.17, 15) is 9.59 Å². The number of hydrogen-bond acceptors (Lipinski definition) is 5. The van der Waals surface area contributed by atoms with Crippen molar-refractivity contribution in [1.29, 1.82) is 0 Å². The number of thiazole rings is 1. The largest absolute Gasteiger partial charge is 0.481 e. The number of carboxylic acids is 1. The highest BCUT2D eigenvalue weighted by Crippen LogP contribution is 2.27. The summed E-state index contributed by atoms with van der Waals surface area (Å²) in [6, 6.07) is 3.55. The molecule has 0 spiro atoms. The minimum atomic E-state index is -0.840. The zero-order valence-electron chi connectivity index (χ0n) is 11.2. The number of likely N-dealkylation sites (tertiary alicyclic amines) is 1. The Morgan fingerprint density at radius 2 is 2.33 bits per heavy atom. The number of carboxylic acid groups (broad SMARTS) is 1. The number of amides is 1. The third-order valence-corrected chi connectivity index (χ3v) is 4.51. The Morgan fingerprint density at radius 1 is 1.48 bits per heavy atom. The smallest absolute Gasteiger partial charge is 0.308 e. The summed E-state index contributed by atoms with van der Waals surface area (Å²) in [5, 5.41) is 9.73. The number of carbonyl (C=O) groups is 2. The van der Waals surface area contributed by atoms with E-state index in [1.165, 1.54) is 17.5 Å². The van der Waals surface area contributed by atoms with Gasteiger partial charge >= 0.3 is 5.97 Å². The summed E-state index contributed by atoms with van der Waals surface area (Å²) in [6.07, 6.45) is 4.42. The van der Waals surface area contributed by atoms with Crippen LogP contribution < -0.4 is 0 Å². The Balaban J connectivity index is 1.74. The lowest BCUT2D eigenvalue weighted by Gasteiger charge is -2.30. The standard InChI is InChI=1S/C14H14N2O4S/c17-13(16-5-1-3-9(8-16)14(18)19)11-7-15-12(21-11)10-4-2-6-20-10/h2,4,6-7,9H,1,3,5,8H2,(H,18,19)/t9-/m0/s1. The van der Waals surface area contributed by atoms with Gasteiger partial charge in [0.1, 0.15) is 4.88 Å². The molecular weight excluding hydrogens is 292 g/mol. The molecule has 0 radical (unpaired) electrons. The highest BCUT2D eigenvalue weighted by atomic mass is 32.1. The van der Waals surface area contributed by atoms with Gasteiger partial charge in [-0.2, -0.15) is 0 Å². The molecule has 3 heterocycles. The molecule has 1 fully saturated rings. The number of rotatable bonds is 3. The van der Waals surface area contributed by atoms with Crippen molar-refractivity contribution in [3.8, 4) is 10.8 Å². The van der Waals surface area contributed by atoms with Gasteiger partial charge in [-0.25, -0.2) is 4.98 Å². The molecule has 1 aliphatic rings. The van der Waals surface area contributed by atoms with E-state index in [0.29, 0.717) is 35.0 Å². The van der Waals surface area contributed by atoms with Crippen molar-refractivity contribution in [2.75, 3.05) is 13.1 Å². The third-order valence-electron chi connectivity index (χ3n) is 3.51. The number of aliphatic carboxylic acids is 1. The Morgan fingerprint density at radius 3 is 3.05 bits per heavy atom. The molecule has 2 aromatic heterocycles. The molecule has 3 rings (SSSR count).